The molecule has 1 saturated heterocycles. The Bertz CT molecular complexity index is 1280. The lowest BCUT2D eigenvalue weighted by Crippen LogP contribution is -2.41. The van der Waals surface area contributed by atoms with Crippen LogP contribution in [-0.2, 0) is 0 Å². The summed E-state index contributed by atoms with van der Waals surface area (Å²) in [7, 11) is 2.21. The summed E-state index contributed by atoms with van der Waals surface area (Å²) in [6.45, 7) is 22.4. The van der Waals surface area contributed by atoms with Crippen LogP contribution in [-0.4, -0.2) is 65.3 Å². The summed E-state index contributed by atoms with van der Waals surface area (Å²) in [5.41, 5.74) is 5.08. The van der Waals surface area contributed by atoms with Crippen molar-refractivity contribution in [2.45, 2.75) is 79.3 Å². The van der Waals surface area contributed by atoms with Gasteiger partial charge in [-0.3, -0.25) is 9.69 Å². The Kier molecular flexibility index (Phi) is 14.6. The van der Waals surface area contributed by atoms with Gasteiger partial charge in [-0.15, -0.1) is 0 Å². The molecule has 3 rings (SSSR count). The second-order valence-electron chi connectivity index (χ2n) is 10.9. The van der Waals surface area contributed by atoms with Crippen molar-refractivity contribution in [1.82, 2.24) is 25.3 Å². The fourth-order valence-corrected chi connectivity index (χ4v) is 5.35. The lowest BCUT2D eigenvalue weighted by atomic mass is 9.79. The van der Waals surface area contributed by atoms with Gasteiger partial charge in [0.15, 0.2) is 0 Å². The van der Waals surface area contributed by atoms with E-state index in [4.69, 9.17) is 0 Å². The average molecular weight is 578 g/mol. The maximum atomic E-state index is 13.7. The molecule has 6 nitrogen and oxygen atoms in total. The summed E-state index contributed by atoms with van der Waals surface area (Å²) >= 11 is 0. The number of aromatic nitrogens is 2. The van der Waals surface area contributed by atoms with Crippen molar-refractivity contribution in [1.29, 1.82) is 0 Å². The quantitative estimate of drug-likeness (QED) is 0.308. The van der Waals surface area contributed by atoms with Crippen molar-refractivity contribution in [3.8, 4) is 0 Å². The highest BCUT2D eigenvalue weighted by molar-refractivity contribution is 5.71. The number of hydrogen-bond donors (Lipinski definition) is 2. The van der Waals surface area contributed by atoms with E-state index in [0.29, 0.717) is 6.04 Å². The molecule has 0 amide bonds. The van der Waals surface area contributed by atoms with E-state index >= 15 is 0 Å². The summed E-state index contributed by atoms with van der Waals surface area (Å²) in [5, 5.41) is 10.7. The Morgan fingerprint density at radius 1 is 1.21 bits per heavy atom. The topological polar surface area (TPSA) is 64.3 Å². The monoisotopic (exact) mass is 577 g/mol. The third kappa shape index (κ3) is 9.92. The number of rotatable bonds is 9. The normalized spacial score (nSPS) is 23.9. The molecule has 2 aliphatic heterocycles. The smallest absolute Gasteiger partial charge is 0.264 e. The predicted molar refractivity (Wildman–Crippen MR) is 177 cm³/mol. The van der Waals surface area contributed by atoms with Gasteiger partial charge < -0.3 is 10.2 Å². The van der Waals surface area contributed by atoms with Gasteiger partial charge in [0.25, 0.3) is 5.56 Å². The van der Waals surface area contributed by atoms with Gasteiger partial charge in [-0.2, -0.15) is 5.10 Å². The van der Waals surface area contributed by atoms with Crippen LogP contribution >= 0.6 is 0 Å². The lowest BCUT2D eigenvalue weighted by Gasteiger charge is -2.36. The minimum atomic E-state index is -0.273. The van der Waals surface area contributed by atoms with E-state index in [1.165, 1.54) is 25.0 Å². The highest BCUT2D eigenvalue weighted by atomic mass is 19.1. The van der Waals surface area contributed by atoms with E-state index in [1.54, 1.807) is 12.1 Å². The second-order valence-corrected chi connectivity index (χ2v) is 10.9. The minimum absolute atomic E-state index is 0.238. The van der Waals surface area contributed by atoms with Crippen molar-refractivity contribution in [2.75, 3.05) is 33.2 Å². The molecule has 2 N–H and O–H groups in total. The third-order valence-corrected chi connectivity index (χ3v) is 7.63. The first-order chi connectivity index (χ1) is 20.1. The molecule has 3 unspecified atom stereocenters. The van der Waals surface area contributed by atoms with Gasteiger partial charge in [0.2, 0.25) is 0 Å². The van der Waals surface area contributed by atoms with Gasteiger partial charge >= 0.3 is 0 Å². The maximum absolute atomic E-state index is 13.7. The van der Waals surface area contributed by atoms with Crippen LogP contribution in [0.5, 0.6) is 0 Å². The SMILES string of the molecule is C=C(/C=C\C(=C/CC)CN1CCCN(C)C(C)C1)C1N/C(=C/C=C\C)c2cc(=O)[nH]nc2C1/C(C)=C/C=C(\C)F.CC. The number of nitrogens with zero attached hydrogens (tertiary/aromatic N) is 3. The zero-order valence-electron chi connectivity index (χ0n) is 27.0. The standard InChI is InChI=1S/C33H46FN5O.C2H6/c1-8-10-13-29-28-20-30(40)36-37-33(28)31(23(3)14-16-25(5)34)32(35-29)24(4)15-17-27(12-9-2)22-39-19-11-18-38(7)26(6)21-39;1-2/h8,10,12-17,20,26,31-32,35H,4,9,11,18-19,21-22H2,1-3,5-7H3,(H,36,40);1-2H3/b10-8-,17-15-,23-14+,25-16+,27-12+,29-13+;. The minimum Gasteiger partial charge on any atom is -0.377 e. The average Bonchev–Trinajstić information content (AvgIpc) is 3.13. The summed E-state index contributed by atoms with van der Waals surface area (Å²) < 4.78 is 13.7. The van der Waals surface area contributed by atoms with Crippen molar-refractivity contribution in [3.05, 3.63) is 105 Å². The molecule has 42 heavy (non-hydrogen) atoms. The Morgan fingerprint density at radius 2 is 1.95 bits per heavy atom. The molecular weight excluding hydrogens is 525 g/mol. The predicted octanol–water partition coefficient (Wildman–Crippen LogP) is 7.06. The van der Waals surface area contributed by atoms with Crippen LogP contribution < -0.4 is 10.9 Å². The molecule has 3 heterocycles. The molecule has 0 aliphatic carbocycles. The van der Waals surface area contributed by atoms with Crippen LogP contribution in [0, 0.1) is 0 Å². The van der Waals surface area contributed by atoms with Crippen LogP contribution in [0.1, 0.15) is 78.5 Å². The molecule has 0 bridgehead atoms. The van der Waals surface area contributed by atoms with Gasteiger partial charge in [-0.05, 0) is 84.0 Å². The van der Waals surface area contributed by atoms with E-state index in [2.05, 4.69) is 71.0 Å². The Labute approximate surface area is 253 Å². The van der Waals surface area contributed by atoms with Gasteiger partial charge in [-0.1, -0.05) is 69.4 Å². The second kappa shape index (κ2) is 17.6. The number of hydrogen-bond acceptors (Lipinski definition) is 5. The molecule has 1 fully saturated rings. The van der Waals surface area contributed by atoms with Gasteiger partial charge in [-0.25, -0.2) is 9.49 Å². The number of fused-ring (bicyclic) bond motifs is 1. The van der Waals surface area contributed by atoms with Crippen molar-refractivity contribution in [3.63, 3.8) is 0 Å². The summed E-state index contributed by atoms with van der Waals surface area (Å²) in [6, 6.07) is 1.85. The van der Waals surface area contributed by atoms with Crippen LogP contribution in [0.15, 0.2) is 88.6 Å². The van der Waals surface area contributed by atoms with Crippen molar-refractivity contribution in [2.24, 2.45) is 0 Å². The summed E-state index contributed by atoms with van der Waals surface area (Å²) in [4.78, 5) is 17.2. The zero-order valence-corrected chi connectivity index (χ0v) is 27.0. The molecule has 1 aromatic heterocycles. The van der Waals surface area contributed by atoms with Gasteiger partial charge in [0.1, 0.15) is 0 Å². The number of H-pyrrole nitrogens is 1. The van der Waals surface area contributed by atoms with Crippen LogP contribution in [0.4, 0.5) is 4.39 Å². The first-order valence-corrected chi connectivity index (χ1v) is 15.3. The van der Waals surface area contributed by atoms with Crippen LogP contribution in [0.2, 0.25) is 0 Å². The fraction of sp³-hybridized carbons (Fsp3) is 0.486. The molecule has 3 atom stereocenters. The Morgan fingerprint density at radius 3 is 2.62 bits per heavy atom. The highest BCUT2D eigenvalue weighted by Crippen LogP contribution is 2.38. The maximum Gasteiger partial charge on any atom is 0.264 e. The number of aromatic amines is 1. The Hall–Kier alpha value is -3.29. The molecule has 0 radical (unpaired) electrons. The van der Waals surface area contributed by atoms with E-state index in [-0.39, 0.29) is 23.3 Å². The van der Waals surface area contributed by atoms with Gasteiger partial charge in [0.05, 0.1) is 17.6 Å². The van der Waals surface area contributed by atoms with E-state index in [1.807, 2.05) is 45.9 Å². The number of nitrogens with one attached hydrogen (secondary N) is 2. The van der Waals surface area contributed by atoms with Crippen LogP contribution in [0.3, 0.4) is 0 Å². The highest BCUT2D eigenvalue weighted by Gasteiger charge is 2.35. The first kappa shape index (κ1) is 34.9. The molecule has 230 valence electrons. The molecule has 2 aliphatic rings. The lowest BCUT2D eigenvalue weighted by molar-refractivity contribution is 0.230. The van der Waals surface area contributed by atoms with E-state index in [0.717, 1.165) is 60.7 Å². The Balaban J connectivity index is 0.00000301. The molecule has 7 heteroatoms. The molecule has 1 aromatic rings. The summed E-state index contributed by atoms with van der Waals surface area (Å²) in [6.07, 6.45) is 17.7. The number of likely N-dealkylation sites (N-methyl/N-ethyl adjacent to an activating group) is 1. The van der Waals surface area contributed by atoms with Crippen LogP contribution in [0.25, 0.3) is 5.70 Å². The third-order valence-electron chi connectivity index (χ3n) is 7.63. The molecule has 0 spiro atoms. The van der Waals surface area contributed by atoms with E-state index < -0.39 is 0 Å². The molecule has 0 aromatic carbocycles. The van der Waals surface area contributed by atoms with Crippen molar-refractivity contribution >= 4 is 5.70 Å². The molecular formula is C35H52FN5O. The first-order valence-electron chi connectivity index (χ1n) is 15.3. The summed E-state index contributed by atoms with van der Waals surface area (Å²) in [5.74, 6) is -0.520. The van der Waals surface area contributed by atoms with Gasteiger partial charge in [0, 0.05) is 42.4 Å². The van der Waals surface area contributed by atoms with Crippen molar-refractivity contribution < 1.29 is 4.39 Å². The number of allylic oxidation sites excluding steroid dienone is 7. The zero-order chi connectivity index (χ0) is 31.2. The number of halogens is 1. The fourth-order valence-electron chi connectivity index (χ4n) is 5.35. The largest absolute Gasteiger partial charge is 0.377 e. The van der Waals surface area contributed by atoms with E-state index in [9.17, 15) is 9.18 Å². The molecule has 0 saturated carbocycles.